The van der Waals surface area contributed by atoms with Gasteiger partial charge in [-0.3, -0.25) is 4.68 Å². The molecule has 0 saturated heterocycles. The number of rotatable bonds is 6. The van der Waals surface area contributed by atoms with Crippen molar-refractivity contribution in [1.29, 1.82) is 0 Å². The molecule has 104 valence electrons. The molecule has 19 heavy (non-hydrogen) atoms. The Bertz CT molecular complexity index is 526. The van der Waals surface area contributed by atoms with E-state index >= 15 is 0 Å². The summed E-state index contributed by atoms with van der Waals surface area (Å²) in [5.74, 6) is 0. The topological polar surface area (TPSA) is 47.7 Å². The predicted octanol–water partition coefficient (Wildman–Crippen LogP) is 1.61. The first-order chi connectivity index (χ1) is 9.13. The monoisotopic (exact) mass is 261 g/mol. The average Bonchev–Trinajstić information content (AvgIpc) is 2.96. The Kier molecular flexibility index (Phi) is 4.37. The van der Waals surface area contributed by atoms with E-state index in [1.54, 1.807) is 0 Å². The number of hydrogen-bond donors (Lipinski definition) is 1. The molecule has 1 unspecified atom stereocenters. The zero-order valence-electron chi connectivity index (χ0n) is 12.2. The fourth-order valence-electron chi connectivity index (χ4n) is 2.29. The van der Waals surface area contributed by atoms with Gasteiger partial charge in [0.05, 0.1) is 23.8 Å². The quantitative estimate of drug-likeness (QED) is 0.859. The van der Waals surface area contributed by atoms with Crippen molar-refractivity contribution >= 4 is 0 Å². The molecule has 0 bridgehead atoms. The molecule has 0 saturated carbocycles. The molecule has 0 radical (unpaired) electrons. The fraction of sp³-hybridized carbons (Fsp3) is 0.571. The van der Waals surface area contributed by atoms with Crippen molar-refractivity contribution in [1.82, 2.24) is 24.6 Å². The summed E-state index contributed by atoms with van der Waals surface area (Å²) < 4.78 is 3.96. The standard InChI is InChI=1S/C14H23N5/c1-5-11-7-12(19(4)17-11)8-13(15-6-2)14-9-18(3)10-16-14/h7,9-10,13,15H,5-6,8H2,1-4H3. The van der Waals surface area contributed by atoms with Gasteiger partial charge in [-0.15, -0.1) is 0 Å². The first-order valence-electron chi connectivity index (χ1n) is 6.87. The van der Waals surface area contributed by atoms with Gasteiger partial charge in [0, 0.05) is 32.4 Å². The van der Waals surface area contributed by atoms with Crippen LogP contribution < -0.4 is 5.32 Å². The molecular weight excluding hydrogens is 238 g/mol. The molecule has 0 aromatic carbocycles. The highest BCUT2D eigenvalue weighted by atomic mass is 15.3. The van der Waals surface area contributed by atoms with Crippen LogP contribution in [0.4, 0.5) is 0 Å². The van der Waals surface area contributed by atoms with Crippen LogP contribution in [0.25, 0.3) is 0 Å². The highest BCUT2D eigenvalue weighted by Crippen LogP contribution is 2.17. The summed E-state index contributed by atoms with van der Waals surface area (Å²) in [7, 11) is 4.01. The molecule has 0 aliphatic carbocycles. The molecule has 2 aromatic heterocycles. The van der Waals surface area contributed by atoms with Gasteiger partial charge in [0.1, 0.15) is 0 Å². The molecule has 1 atom stereocenters. The highest BCUT2D eigenvalue weighted by Gasteiger charge is 2.16. The molecule has 2 heterocycles. The van der Waals surface area contributed by atoms with Gasteiger partial charge in [0.2, 0.25) is 0 Å². The van der Waals surface area contributed by atoms with Crippen LogP contribution >= 0.6 is 0 Å². The van der Waals surface area contributed by atoms with E-state index in [2.05, 4.69) is 41.5 Å². The largest absolute Gasteiger partial charge is 0.340 e. The molecule has 0 spiro atoms. The fourth-order valence-corrected chi connectivity index (χ4v) is 2.29. The Morgan fingerprint density at radius 2 is 2.11 bits per heavy atom. The summed E-state index contributed by atoms with van der Waals surface area (Å²) in [6, 6.07) is 2.43. The molecule has 5 heteroatoms. The summed E-state index contributed by atoms with van der Waals surface area (Å²) in [6.07, 6.45) is 5.81. The minimum absolute atomic E-state index is 0.242. The van der Waals surface area contributed by atoms with Crippen molar-refractivity contribution in [2.45, 2.75) is 32.7 Å². The number of aryl methyl sites for hydroxylation is 3. The van der Waals surface area contributed by atoms with E-state index in [1.807, 2.05) is 29.7 Å². The molecule has 0 amide bonds. The molecule has 2 aromatic rings. The number of aromatic nitrogens is 4. The van der Waals surface area contributed by atoms with Crippen LogP contribution in [0.15, 0.2) is 18.6 Å². The Hall–Kier alpha value is -1.62. The molecule has 2 rings (SSSR count). The first-order valence-corrected chi connectivity index (χ1v) is 6.87. The van der Waals surface area contributed by atoms with Gasteiger partial charge in [0.15, 0.2) is 0 Å². The number of hydrogen-bond acceptors (Lipinski definition) is 3. The maximum absolute atomic E-state index is 4.50. The molecule has 1 N–H and O–H groups in total. The van der Waals surface area contributed by atoms with Gasteiger partial charge in [0.25, 0.3) is 0 Å². The van der Waals surface area contributed by atoms with Crippen LogP contribution in [-0.2, 0) is 26.9 Å². The first kappa shape index (κ1) is 13.8. The van der Waals surface area contributed by atoms with E-state index in [0.717, 1.165) is 30.8 Å². The zero-order valence-corrected chi connectivity index (χ0v) is 12.2. The molecule has 0 fully saturated rings. The van der Waals surface area contributed by atoms with E-state index in [1.165, 1.54) is 5.69 Å². The minimum Gasteiger partial charge on any atom is -0.340 e. The van der Waals surface area contributed by atoms with Crippen molar-refractivity contribution in [3.05, 3.63) is 35.7 Å². The van der Waals surface area contributed by atoms with Crippen molar-refractivity contribution in [2.75, 3.05) is 6.54 Å². The number of imidazole rings is 1. The Balaban J connectivity index is 2.18. The highest BCUT2D eigenvalue weighted by molar-refractivity contribution is 5.15. The average molecular weight is 261 g/mol. The van der Waals surface area contributed by atoms with E-state index in [-0.39, 0.29) is 6.04 Å². The number of nitrogens with one attached hydrogen (secondary N) is 1. The van der Waals surface area contributed by atoms with E-state index in [4.69, 9.17) is 0 Å². The maximum atomic E-state index is 4.50. The smallest absolute Gasteiger partial charge is 0.0947 e. The van der Waals surface area contributed by atoms with Crippen LogP contribution in [0.1, 0.15) is 37.0 Å². The Morgan fingerprint density at radius 1 is 1.32 bits per heavy atom. The van der Waals surface area contributed by atoms with Crippen LogP contribution in [0.2, 0.25) is 0 Å². The van der Waals surface area contributed by atoms with Gasteiger partial charge >= 0.3 is 0 Å². The second-order valence-electron chi connectivity index (χ2n) is 4.88. The lowest BCUT2D eigenvalue weighted by Gasteiger charge is -2.15. The zero-order chi connectivity index (χ0) is 13.8. The predicted molar refractivity (Wildman–Crippen MR) is 75.9 cm³/mol. The Morgan fingerprint density at radius 3 is 2.63 bits per heavy atom. The van der Waals surface area contributed by atoms with Crippen LogP contribution in [0.5, 0.6) is 0 Å². The molecule has 5 nitrogen and oxygen atoms in total. The van der Waals surface area contributed by atoms with Gasteiger partial charge < -0.3 is 9.88 Å². The minimum atomic E-state index is 0.242. The second kappa shape index (κ2) is 6.02. The van der Waals surface area contributed by atoms with Gasteiger partial charge in [-0.25, -0.2) is 4.98 Å². The third-order valence-corrected chi connectivity index (χ3v) is 3.34. The number of likely N-dealkylation sites (N-methyl/N-ethyl adjacent to an activating group) is 1. The summed E-state index contributed by atoms with van der Waals surface area (Å²) in [5.41, 5.74) is 3.48. The third-order valence-electron chi connectivity index (χ3n) is 3.34. The molecular formula is C14H23N5. The normalized spacial score (nSPS) is 12.8. The summed E-state index contributed by atoms with van der Waals surface area (Å²) in [6.45, 7) is 5.18. The van der Waals surface area contributed by atoms with Crippen LogP contribution in [-0.4, -0.2) is 25.9 Å². The lowest BCUT2D eigenvalue weighted by molar-refractivity contribution is 0.519. The van der Waals surface area contributed by atoms with E-state index in [9.17, 15) is 0 Å². The van der Waals surface area contributed by atoms with Crippen molar-refractivity contribution in [3.8, 4) is 0 Å². The Labute approximate surface area is 114 Å². The van der Waals surface area contributed by atoms with E-state index in [0.29, 0.717) is 0 Å². The lowest BCUT2D eigenvalue weighted by Crippen LogP contribution is -2.24. The van der Waals surface area contributed by atoms with Gasteiger partial charge in [-0.2, -0.15) is 5.10 Å². The lowest BCUT2D eigenvalue weighted by atomic mass is 10.1. The van der Waals surface area contributed by atoms with Crippen molar-refractivity contribution in [3.63, 3.8) is 0 Å². The third kappa shape index (κ3) is 3.23. The second-order valence-corrected chi connectivity index (χ2v) is 4.88. The maximum Gasteiger partial charge on any atom is 0.0947 e. The van der Waals surface area contributed by atoms with Crippen molar-refractivity contribution in [2.24, 2.45) is 14.1 Å². The summed E-state index contributed by atoms with van der Waals surface area (Å²) in [4.78, 5) is 4.46. The van der Waals surface area contributed by atoms with Gasteiger partial charge in [-0.05, 0) is 19.0 Å². The molecule has 0 aliphatic rings. The number of nitrogens with zero attached hydrogens (tertiary/aromatic N) is 4. The van der Waals surface area contributed by atoms with Crippen LogP contribution in [0, 0.1) is 0 Å². The SMILES string of the molecule is CCNC(Cc1cc(CC)nn1C)c1cn(C)cn1. The summed E-state index contributed by atoms with van der Waals surface area (Å²) >= 11 is 0. The van der Waals surface area contributed by atoms with E-state index < -0.39 is 0 Å². The molecule has 0 aliphatic heterocycles. The van der Waals surface area contributed by atoms with Gasteiger partial charge in [-0.1, -0.05) is 13.8 Å². The van der Waals surface area contributed by atoms with Crippen molar-refractivity contribution < 1.29 is 0 Å². The van der Waals surface area contributed by atoms with Crippen LogP contribution in [0.3, 0.4) is 0 Å². The summed E-state index contributed by atoms with van der Waals surface area (Å²) in [5, 5.41) is 8.00.